The Morgan fingerprint density at radius 2 is 2.21 bits per heavy atom. The third-order valence-electron chi connectivity index (χ3n) is 3.48. The van der Waals surface area contributed by atoms with Gasteiger partial charge < -0.3 is 9.72 Å². The molecule has 0 spiro atoms. The van der Waals surface area contributed by atoms with Crippen LogP contribution in [0.25, 0.3) is 10.9 Å². The summed E-state index contributed by atoms with van der Waals surface area (Å²) in [6.45, 7) is 0. The number of esters is 1. The Morgan fingerprint density at radius 1 is 1.26 bits per heavy atom. The maximum Gasteiger partial charge on any atom is 0.340 e. The first-order chi connectivity index (χ1) is 9.34. The van der Waals surface area contributed by atoms with Crippen molar-refractivity contribution in [2.75, 3.05) is 11.5 Å². The van der Waals surface area contributed by atoms with Gasteiger partial charge in [-0.05, 0) is 42.9 Å². The second kappa shape index (κ2) is 5.70. The summed E-state index contributed by atoms with van der Waals surface area (Å²) in [5.74, 6) is 2.07. The van der Waals surface area contributed by atoms with Crippen LogP contribution >= 0.6 is 11.8 Å². The van der Waals surface area contributed by atoms with Gasteiger partial charge >= 0.3 is 5.97 Å². The number of hydrogen-bond donors (Lipinski definition) is 1. The predicted molar refractivity (Wildman–Crippen MR) is 78.7 cm³/mol. The van der Waals surface area contributed by atoms with Crippen molar-refractivity contribution in [3.8, 4) is 0 Å². The number of para-hydroxylation sites is 1. The number of hydrogen-bond acceptors (Lipinski definition) is 3. The summed E-state index contributed by atoms with van der Waals surface area (Å²) in [4.78, 5) is 15.4. The monoisotopic (exact) mass is 275 g/mol. The molecule has 1 aromatic carbocycles. The fourth-order valence-corrected chi connectivity index (χ4v) is 3.47. The molecular weight excluding hydrogens is 258 g/mol. The lowest BCUT2D eigenvalue weighted by atomic mass is 10.1. The molecule has 4 heteroatoms. The van der Waals surface area contributed by atoms with Gasteiger partial charge in [0.25, 0.3) is 0 Å². The Balaban J connectivity index is 1.77. The molecule has 19 heavy (non-hydrogen) atoms. The molecule has 1 aliphatic rings. The van der Waals surface area contributed by atoms with Gasteiger partial charge in [-0.25, -0.2) is 4.79 Å². The van der Waals surface area contributed by atoms with E-state index in [4.69, 9.17) is 4.74 Å². The highest BCUT2D eigenvalue weighted by Gasteiger charge is 2.19. The summed E-state index contributed by atoms with van der Waals surface area (Å²) in [5.41, 5.74) is 1.51. The van der Waals surface area contributed by atoms with Crippen LogP contribution in [0.3, 0.4) is 0 Å². The summed E-state index contributed by atoms with van der Waals surface area (Å²) in [5, 5.41) is 1.05. The summed E-state index contributed by atoms with van der Waals surface area (Å²) < 4.78 is 5.66. The van der Waals surface area contributed by atoms with Crippen LogP contribution in [0, 0.1) is 0 Å². The van der Waals surface area contributed by atoms with Crippen LogP contribution in [0.2, 0.25) is 0 Å². The Labute approximate surface area is 116 Å². The Bertz CT molecular complexity index is 570. The molecule has 0 bridgehead atoms. The summed E-state index contributed by atoms with van der Waals surface area (Å²) in [6.07, 6.45) is 5.02. The minimum atomic E-state index is -0.204. The molecule has 1 aliphatic heterocycles. The number of carbonyl (C=O) groups excluding carboxylic acids is 1. The molecular formula is C15H17NO2S. The van der Waals surface area contributed by atoms with Gasteiger partial charge in [0.15, 0.2) is 0 Å². The van der Waals surface area contributed by atoms with Crippen molar-refractivity contribution >= 4 is 28.6 Å². The standard InChI is InChI=1S/C15H17NO2S/c17-15(18-12-4-2-9-19-10-7-12)13-5-1-3-11-6-8-16-14(11)13/h1,3,5-6,8,12,16H,2,4,7,9-10H2. The second-order valence-electron chi connectivity index (χ2n) is 4.82. The first kappa shape index (κ1) is 12.6. The van der Waals surface area contributed by atoms with Crippen LogP contribution < -0.4 is 0 Å². The Morgan fingerprint density at radius 3 is 3.16 bits per heavy atom. The second-order valence-corrected chi connectivity index (χ2v) is 6.04. The fourth-order valence-electron chi connectivity index (χ4n) is 2.46. The third-order valence-corrected chi connectivity index (χ3v) is 4.58. The lowest BCUT2D eigenvalue weighted by molar-refractivity contribution is 0.0280. The first-order valence-electron chi connectivity index (χ1n) is 6.69. The SMILES string of the molecule is O=C(OC1CCCSCC1)c1cccc2cc[nH]c12. The zero-order chi connectivity index (χ0) is 13.1. The molecule has 100 valence electrons. The molecule has 1 N–H and O–H groups in total. The van der Waals surface area contributed by atoms with E-state index in [9.17, 15) is 4.79 Å². The highest BCUT2D eigenvalue weighted by Crippen LogP contribution is 2.22. The zero-order valence-corrected chi connectivity index (χ0v) is 11.5. The van der Waals surface area contributed by atoms with Gasteiger partial charge in [0, 0.05) is 11.6 Å². The number of benzene rings is 1. The number of carbonyl (C=O) groups is 1. The number of aromatic amines is 1. The van der Waals surface area contributed by atoms with Crippen molar-refractivity contribution in [1.29, 1.82) is 0 Å². The molecule has 0 radical (unpaired) electrons. The van der Waals surface area contributed by atoms with Crippen LogP contribution in [0.5, 0.6) is 0 Å². The largest absolute Gasteiger partial charge is 0.459 e. The molecule has 3 nitrogen and oxygen atoms in total. The highest BCUT2D eigenvalue weighted by molar-refractivity contribution is 7.99. The average molecular weight is 275 g/mol. The van der Waals surface area contributed by atoms with E-state index in [0.717, 1.165) is 35.9 Å². The number of fused-ring (bicyclic) bond motifs is 1. The van der Waals surface area contributed by atoms with Gasteiger partial charge in [0.05, 0.1) is 11.1 Å². The number of rotatable bonds is 2. The Hall–Kier alpha value is -1.42. The fraction of sp³-hybridized carbons (Fsp3) is 0.400. The minimum absolute atomic E-state index is 0.0766. The Kier molecular flexibility index (Phi) is 3.78. The van der Waals surface area contributed by atoms with Crippen LogP contribution in [0.1, 0.15) is 29.6 Å². The van der Waals surface area contributed by atoms with E-state index in [1.165, 1.54) is 5.75 Å². The maximum atomic E-state index is 12.3. The molecule has 2 aromatic rings. The van der Waals surface area contributed by atoms with Gasteiger partial charge in [-0.1, -0.05) is 12.1 Å². The molecule has 1 saturated heterocycles. The molecule has 1 atom stereocenters. The van der Waals surface area contributed by atoms with Crippen molar-refractivity contribution in [2.24, 2.45) is 0 Å². The predicted octanol–water partition coefficient (Wildman–Crippen LogP) is 3.61. The van der Waals surface area contributed by atoms with Crippen molar-refractivity contribution in [1.82, 2.24) is 4.98 Å². The van der Waals surface area contributed by atoms with Gasteiger partial charge in [-0.2, -0.15) is 11.8 Å². The normalized spacial score (nSPS) is 20.1. The van der Waals surface area contributed by atoms with E-state index >= 15 is 0 Å². The molecule has 1 unspecified atom stereocenters. The molecule has 2 heterocycles. The van der Waals surface area contributed by atoms with Crippen molar-refractivity contribution in [3.05, 3.63) is 36.0 Å². The first-order valence-corrected chi connectivity index (χ1v) is 7.85. The van der Waals surface area contributed by atoms with E-state index in [-0.39, 0.29) is 12.1 Å². The topological polar surface area (TPSA) is 42.1 Å². The van der Waals surface area contributed by atoms with Crippen LogP contribution in [0.4, 0.5) is 0 Å². The number of nitrogens with one attached hydrogen (secondary N) is 1. The number of aromatic nitrogens is 1. The molecule has 0 amide bonds. The molecule has 1 fully saturated rings. The summed E-state index contributed by atoms with van der Waals surface area (Å²) >= 11 is 1.95. The molecule has 0 aliphatic carbocycles. The van der Waals surface area contributed by atoms with Gasteiger partial charge in [0.1, 0.15) is 6.10 Å². The van der Waals surface area contributed by atoms with Gasteiger partial charge in [0.2, 0.25) is 0 Å². The number of H-pyrrole nitrogens is 1. The average Bonchev–Trinajstić information content (AvgIpc) is 2.76. The number of ether oxygens (including phenoxy) is 1. The molecule has 3 rings (SSSR count). The van der Waals surface area contributed by atoms with Crippen molar-refractivity contribution < 1.29 is 9.53 Å². The lowest BCUT2D eigenvalue weighted by Gasteiger charge is -2.15. The summed E-state index contributed by atoms with van der Waals surface area (Å²) in [6, 6.07) is 7.68. The quantitative estimate of drug-likeness (QED) is 0.851. The highest BCUT2D eigenvalue weighted by atomic mass is 32.2. The van der Waals surface area contributed by atoms with Gasteiger partial charge in [-0.15, -0.1) is 0 Å². The molecule has 1 aromatic heterocycles. The van der Waals surface area contributed by atoms with E-state index in [2.05, 4.69) is 4.98 Å². The van der Waals surface area contributed by atoms with Crippen LogP contribution in [-0.2, 0) is 4.74 Å². The van der Waals surface area contributed by atoms with E-state index in [0.29, 0.717) is 5.56 Å². The van der Waals surface area contributed by atoms with Gasteiger partial charge in [-0.3, -0.25) is 0 Å². The zero-order valence-electron chi connectivity index (χ0n) is 10.7. The number of thioether (sulfide) groups is 1. The minimum Gasteiger partial charge on any atom is -0.459 e. The molecule has 0 saturated carbocycles. The van der Waals surface area contributed by atoms with Crippen LogP contribution in [0.15, 0.2) is 30.5 Å². The van der Waals surface area contributed by atoms with Crippen LogP contribution in [-0.4, -0.2) is 28.6 Å². The van der Waals surface area contributed by atoms with E-state index < -0.39 is 0 Å². The van der Waals surface area contributed by atoms with Crippen molar-refractivity contribution in [2.45, 2.75) is 25.4 Å². The third kappa shape index (κ3) is 2.78. The smallest absolute Gasteiger partial charge is 0.340 e. The maximum absolute atomic E-state index is 12.3. The van der Waals surface area contributed by atoms with E-state index in [1.54, 1.807) is 0 Å². The van der Waals surface area contributed by atoms with E-state index in [1.807, 2.05) is 42.2 Å². The van der Waals surface area contributed by atoms with Crippen molar-refractivity contribution in [3.63, 3.8) is 0 Å². The summed E-state index contributed by atoms with van der Waals surface area (Å²) in [7, 11) is 0. The lowest BCUT2D eigenvalue weighted by Crippen LogP contribution is -2.18.